The third kappa shape index (κ3) is 4.53. The molecule has 1 fully saturated rings. The van der Waals surface area contributed by atoms with Crippen molar-refractivity contribution < 1.29 is 9.53 Å². The van der Waals surface area contributed by atoms with E-state index in [-0.39, 0.29) is 18.1 Å². The second-order valence-corrected chi connectivity index (χ2v) is 9.32. The third-order valence-electron chi connectivity index (χ3n) is 6.65. The first kappa shape index (κ1) is 22.1. The second kappa shape index (κ2) is 9.29. The van der Waals surface area contributed by atoms with Gasteiger partial charge in [0.15, 0.2) is 0 Å². The van der Waals surface area contributed by atoms with E-state index >= 15 is 0 Å². The van der Waals surface area contributed by atoms with Crippen LogP contribution in [0.1, 0.15) is 52.9 Å². The molecule has 2 aromatic heterocycles. The van der Waals surface area contributed by atoms with Crippen LogP contribution >= 0.6 is 0 Å². The molecule has 5 rings (SSSR count). The SMILES string of the molecule is Cc1cc(-c2n[nH]c3ccc(C(=O)NC4CCCC(Oc5c(C)cccc5C)C4)cc23)ccn1. The topological polar surface area (TPSA) is 79.9 Å². The molecule has 34 heavy (non-hydrogen) atoms. The molecule has 2 atom stereocenters. The van der Waals surface area contributed by atoms with Crippen molar-refractivity contribution in [2.75, 3.05) is 0 Å². The van der Waals surface area contributed by atoms with Gasteiger partial charge in [0.2, 0.25) is 0 Å². The Hall–Kier alpha value is -3.67. The Kier molecular flexibility index (Phi) is 6.05. The normalized spacial score (nSPS) is 18.1. The minimum Gasteiger partial charge on any atom is -0.490 e. The first-order chi connectivity index (χ1) is 16.5. The highest BCUT2D eigenvalue weighted by molar-refractivity contribution is 6.01. The van der Waals surface area contributed by atoms with Crippen LogP contribution in [0.2, 0.25) is 0 Å². The fraction of sp³-hybridized carbons (Fsp3) is 0.321. The van der Waals surface area contributed by atoms with Gasteiger partial charge in [-0.05, 0) is 81.5 Å². The molecule has 174 valence electrons. The summed E-state index contributed by atoms with van der Waals surface area (Å²) in [5.74, 6) is 0.918. The highest BCUT2D eigenvalue weighted by Gasteiger charge is 2.26. The number of pyridine rings is 1. The molecule has 6 nitrogen and oxygen atoms in total. The van der Waals surface area contributed by atoms with Crippen LogP contribution in [0.3, 0.4) is 0 Å². The van der Waals surface area contributed by atoms with Gasteiger partial charge >= 0.3 is 0 Å². The smallest absolute Gasteiger partial charge is 0.251 e. The first-order valence-corrected chi connectivity index (χ1v) is 11.9. The number of nitrogens with zero attached hydrogens (tertiary/aromatic N) is 2. The molecule has 1 amide bonds. The molecule has 0 saturated heterocycles. The van der Waals surface area contributed by atoms with Crippen molar-refractivity contribution in [3.05, 3.63) is 77.1 Å². The van der Waals surface area contributed by atoms with Gasteiger partial charge in [-0.3, -0.25) is 14.9 Å². The molecule has 0 aliphatic heterocycles. The largest absolute Gasteiger partial charge is 0.490 e. The minimum absolute atomic E-state index is 0.0577. The molecular formula is C28H30N4O2. The van der Waals surface area contributed by atoms with E-state index in [0.29, 0.717) is 5.56 Å². The van der Waals surface area contributed by atoms with Crippen molar-refractivity contribution in [1.82, 2.24) is 20.5 Å². The number of benzene rings is 2. The predicted molar refractivity (Wildman–Crippen MR) is 134 cm³/mol. The van der Waals surface area contributed by atoms with Crippen LogP contribution in [0, 0.1) is 20.8 Å². The molecular weight excluding hydrogens is 424 g/mol. The number of fused-ring (bicyclic) bond motifs is 1. The van der Waals surface area contributed by atoms with Gasteiger partial charge in [0.05, 0.1) is 5.52 Å². The number of carbonyl (C=O) groups is 1. The molecule has 2 N–H and O–H groups in total. The van der Waals surface area contributed by atoms with Gasteiger partial charge in [-0.2, -0.15) is 5.10 Å². The van der Waals surface area contributed by atoms with Gasteiger partial charge in [-0.25, -0.2) is 0 Å². The number of nitrogens with one attached hydrogen (secondary N) is 2. The van der Waals surface area contributed by atoms with E-state index in [9.17, 15) is 4.79 Å². The number of amides is 1. The molecule has 2 unspecified atom stereocenters. The Bertz CT molecular complexity index is 1320. The molecule has 2 heterocycles. The average Bonchev–Trinajstić information content (AvgIpc) is 3.25. The fourth-order valence-electron chi connectivity index (χ4n) is 4.87. The van der Waals surface area contributed by atoms with Crippen LogP contribution in [-0.4, -0.2) is 33.2 Å². The molecule has 0 spiro atoms. The van der Waals surface area contributed by atoms with Gasteiger partial charge in [0.1, 0.15) is 17.5 Å². The molecule has 1 aliphatic rings. The first-order valence-electron chi connectivity index (χ1n) is 11.9. The third-order valence-corrected chi connectivity index (χ3v) is 6.65. The van der Waals surface area contributed by atoms with E-state index in [1.54, 1.807) is 6.20 Å². The highest BCUT2D eigenvalue weighted by atomic mass is 16.5. The van der Waals surface area contributed by atoms with Gasteiger partial charge in [0.25, 0.3) is 5.91 Å². The maximum absolute atomic E-state index is 13.2. The number of aromatic nitrogens is 3. The lowest BCUT2D eigenvalue weighted by Crippen LogP contribution is -2.41. The van der Waals surface area contributed by atoms with Crippen LogP contribution in [0.25, 0.3) is 22.2 Å². The number of aromatic amines is 1. The van der Waals surface area contributed by atoms with Crippen molar-refractivity contribution in [2.45, 2.75) is 58.6 Å². The van der Waals surface area contributed by atoms with Crippen LogP contribution in [-0.2, 0) is 0 Å². The molecule has 1 aliphatic carbocycles. The van der Waals surface area contributed by atoms with Crippen molar-refractivity contribution in [3.63, 3.8) is 0 Å². The second-order valence-electron chi connectivity index (χ2n) is 9.32. The quantitative estimate of drug-likeness (QED) is 0.407. The summed E-state index contributed by atoms with van der Waals surface area (Å²) in [6.07, 6.45) is 5.71. The lowest BCUT2D eigenvalue weighted by atomic mass is 9.92. The predicted octanol–water partition coefficient (Wildman–Crippen LogP) is 5.67. The van der Waals surface area contributed by atoms with Gasteiger partial charge in [0, 0.05) is 40.9 Å². The summed E-state index contributed by atoms with van der Waals surface area (Å²) in [6.45, 7) is 6.12. The summed E-state index contributed by atoms with van der Waals surface area (Å²) >= 11 is 0. The Balaban J connectivity index is 1.31. The molecule has 2 aromatic carbocycles. The van der Waals surface area contributed by atoms with E-state index in [1.165, 1.54) is 0 Å². The van der Waals surface area contributed by atoms with Crippen LogP contribution < -0.4 is 10.1 Å². The van der Waals surface area contributed by atoms with Crippen LogP contribution in [0.4, 0.5) is 0 Å². The lowest BCUT2D eigenvalue weighted by molar-refractivity contribution is 0.0881. The van der Waals surface area contributed by atoms with E-state index < -0.39 is 0 Å². The Morgan fingerprint density at radius 2 is 1.88 bits per heavy atom. The summed E-state index contributed by atoms with van der Waals surface area (Å²) in [5.41, 5.74) is 6.58. The highest BCUT2D eigenvalue weighted by Crippen LogP contribution is 2.30. The number of hydrogen-bond donors (Lipinski definition) is 2. The van der Waals surface area contributed by atoms with Crippen LogP contribution in [0.5, 0.6) is 5.75 Å². The summed E-state index contributed by atoms with van der Waals surface area (Å²) in [4.78, 5) is 17.4. The monoisotopic (exact) mass is 454 g/mol. The minimum atomic E-state index is -0.0577. The van der Waals surface area contributed by atoms with E-state index in [0.717, 1.165) is 70.4 Å². The standard InChI is InChI=1S/C28H30N4O2/c1-17-6-4-7-18(2)27(17)34-23-9-5-8-22(16-23)30-28(33)21-10-11-25-24(15-21)26(32-31-25)20-12-13-29-19(3)14-20/h4,6-7,10-15,22-23H,5,8-9,16H2,1-3H3,(H,30,33)(H,31,32). The number of rotatable bonds is 5. The van der Waals surface area contributed by atoms with Crippen molar-refractivity contribution >= 4 is 16.8 Å². The molecule has 0 bridgehead atoms. The Morgan fingerprint density at radius 3 is 2.68 bits per heavy atom. The summed E-state index contributed by atoms with van der Waals surface area (Å²) in [5, 5.41) is 11.7. The summed E-state index contributed by atoms with van der Waals surface area (Å²) in [6, 6.07) is 15.9. The molecule has 4 aromatic rings. The fourth-order valence-corrected chi connectivity index (χ4v) is 4.87. The Morgan fingerprint density at radius 1 is 1.06 bits per heavy atom. The number of hydrogen-bond acceptors (Lipinski definition) is 4. The van der Waals surface area contributed by atoms with Crippen molar-refractivity contribution in [2.24, 2.45) is 0 Å². The van der Waals surface area contributed by atoms with Crippen LogP contribution in [0.15, 0.2) is 54.7 Å². The number of aryl methyl sites for hydroxylation is 3. The van der Waals surface area contributed by atoms with Crippen molar-refractivity contribution in [3.8, 4) is 17.0 Å². The zero-order valence-electron chi connectivity index (χ0n) is 19.9. The van der Waals surface area contributed by atoms with Crippen molar-refractivity contribution in [1.29, 1.82) is 0 Å². The van der Waals surface area contributed by atoms with Gasteiger partial charge in [-0.1, -0.05) is 18.2 Å². The zero-order chi connectivity index (χ0) is 23.7. The number of H-pyrrole nitrogens is 1. The van der Waals surface area contributed by atoms with E-state index in [1.807, 2.05) is 37.3 Å². The van der Waals surface area contributed by atoms with E-state index in [2.05, 4.69) is 52.5 Å². The van der Waals surface area contributed by atoms with Gasteiger partial charge in [-0.15, -0.1) is 0 Å². The maximum atomic E-state index is 13.2. The summed E-state index contributed by atoms with van der Waals surface area (Å²) < 4.78 is 6.39. The summed E-state index contributed by atoms with van der Waals surface area (Å²) in [7, 11) is 0. The average molecular weight is 455 g/mol. The number of carbonyl (C=O) groups excluding carboxylic acids is 1. The van der Waals surface area contributed by atoms with Gasteiger partial charge < -0.3 is 10.1 Å². The number of para-hydroxylation sites is 1. The maximum Gasteiger partial charge on any atom is 0.251 e. The Labute approximate surface area is 199 Å². The molecule has 0 radical (unpaired) electrons. The zero-order valence-corrected chi connectivity index (χ0v) is 19.9. The molecule has 6 heteroatoms. The molecule has 1 saturated carbocycles. The number of ether oxygens (including phenoxy) is 1. The van der Waals surface area contributed by atoms with E-state index in [4.69, 9.17) is 4.74 Å². The lowest BCUT2D eigenvalue weighted by Gasteiger charge is -2.31.